The fourth-order valence-electron chi connectivity index (χ4n) is 1.45. The van der Waals surface area contributed by atoms with Crippen molar-refractivity contribution in [2.24, 2.45) is 0 Å². The molecule has 0 bridgehead atoms. The maximum atomic E-state index is 12.6. The van der Waals surface area contributed by atoms with Crippen LogP contribution in [0.3, 0.4) is 0 Å². The van der Waals surface area contributed by atoms with E-state index in [1.807, 2.05) is 22.6 Å². The predicted molar refractivity (Wildman–Crippen MR) is 66.7 cm³/mol. The summed E-state index contributed by atoms with van der Waals surface area (Å²) in [5, 5.41) is 3.44. The first kappa shape index (κ1) is 13.1. The molecule has 0 aliphatic heterocycles. The number of nitrogens with zero attached hydrogens (tertiary/aromatic N) is 2. The number of hydrogen-bond donors (Lipinski definition) is 0. The third kappa shape index (κ3) is 2.40. The second-order valence-corrected chi connectivity index (χ2v) is 4.61. The van der Waals surface area contributed by atoms with Crippen LogP contribution >= 0.6 is 22.6 Å². The number of carbonyl (C=O) groups excluding carboxylic acids is 1. The van der Waals surface area contributed by atoms with Crippen LogP contribution < -0.4 is 0 Å². The van der Waals surface area contributed by atoms with Gasteiger partial charge in [-0.05, 0) is 34.7 Å². The highest BCUT2D eigenvalue weighted by Gasteiger charge is 2.37. The van der Waals surface area contributed by atoms with Gasteiger partial charge in [-0.1, -0.05) is 12.1 Å². The quantitative estimate of drug-likeness (QED) is 0.604. The van der Waals surface area contributed by atoms with Gasteiger partial charge in [0.1, 0.15) is 0 Å². The number of aldehydes is 1. The van der Waals surface area contributed by atoms with Crippen LogP contribution in [0.15, 0.2) is 30.5 Å². The molecule has 0 unspecified atom stereocenters. The van der Waals surface area contributed by atoms with Gasteiger partial charge in [-0.3, -0.25) is 4.79 Å². The fourth-order valence-corrected chi connectivity index (χ4v) is 2.09. The standard InChI is InChI=1S/C11H6F3IN2O/c12-11(13,14)10-7(6-18)5-17(16-10)9-4-2-1-3-8(9)15/h1-6H. The summed E-state index contributed by atoms with van der Waals surface area (Å²) >= 11 is 1.99. The minimum absolute atomic E-state index is 0.155. The van der Waals surface area contributed by atoms with Crippen molar-refractivity contribution >= 4 is 28.9 Å². The number of hydrogen-bond acceptors (Lipinski definition) is 2. The molecule has 2 aromatic rings. The van der Waals surface area contributed by atoms with Gasteiger partial charge in [0.2, 0.25) is 0 Å². The largest absolute Gasteiger partial charge is 0.435 e. The van der Waals surface area contributed by atoms with Crippen molar-refractivity contribution in [2.45, 2.75) is 6.18 Å². The van der Waals surface area contributed by atoms with Crippen LogP contribution in [0.25, 0.3) is 5.69 Å². The van der Waals surface area contributed by atoms with Crippen LogP contribution in [0.4, 0.5) is 13.2 Å². The first-order chi connectivity index (χ1) is 8.43. The van der Waals surface area contributed by atoms with E-state index in [9.17, 15) is 18.0 Å². The van der Waals surface area contributed by atoms with Gasteiger partial charge < -0.3 is 0 Å². The molecule has 2 rings (SSSR count). The third-order valence-electron chi connectivity index (χ3n) is 2.24. The summed E-state index contributed by atoms with van der Waals surface area (Å²) in [6.07, 6.45) is -3.41. The Bertz CT molecular complexity index is 592. The Morgan fingerprint density at radius 1 is 1.28 bits per heavy atom. The van der Waals surface area contributed by atoms with Crippen LogP contribution in [0.5, 0.6) is 0 Å². The maximum absolute atomic E-state index is 12.6. The lowest BCUT2D eigenvalue weighted by atomic mass is 10.2. The molecule has 1 heterocycles. The zero-order valence-electron chi connectivity index (χ0n) is 8.78. The number of carbonyl (C=O) groups is 1. The normalized spacial score (nSPS) is 11.6. The van der Waals surface area contributed by atoms with Gasteiger partial charge in [0.15, 0.2) is 12.0 Å². The highest BCUT2D eigenvalue weighted by molar-refractivity contribution is 14.1. The lowest BCUT2D eigenvalue weighted by Crippen LogP contribution is -2.09. The zero-order valence-corrected chi connectivity index (χ0v) is 10.9. The number of alkyl halides is 3. The van der Waals surface area contributed by atoms with Crippen LogP contribution in [0, 0.1) is 3.57 Å². The summed E-state index contributed by atoms with van der Waals surface area (Å²) in [5.41, 5.74) is -1.14. The molecule has 0 amide bonds. The van der Waals surface area contributed by atoms with Gasteiger partial charge >= 0.3 is 6.18 Å². The second-order valence-electron chi connectivity index (χ2n) is 3.44. The molecule has 3 nitrogen and oxygen atoms in total. The van der Waals surface area contributed by atoms with Crippen LogP contribution in [-0.2, 0) is 6.18 Å². The molecule has 0 spiro atoms. The molecule has 0 saturated heterocycles. The Hall–Kier alpha value is -1.38. The monoisotopic (exact) mass is 366 g/mol. The van der Waals surface area contributed by atoms with Gasteiger partial charge in [0.25, 0.3) is 0 Å². The minimum atomic E-state index is -4.64. The molecule has 0 aliphatic carbocycles. The Balaban J connectivity index is 2.58. The summed E-state index contributed by atoms with van der Waals surface area (Å²) in [6, 6.07) is 6.82. The molecular weight excluding hydrogens is 360 g/mol. The van der Waals surface area contributed by atoms with Gasteiger partial charge in [-0.2, -0.15) is 18.3 Å². The van der Waals surface area contributed by atoms with E-state index < -0.39 is 17.4 Å². The Morgan fingerprint density at radius 3 is 2.44 bits per heavy atom. The van der Waals surface area contributed by atoms with Crippen molar-refractivity contribution in [3.8, 4) is 5.69 Å². The summed E-state index contributed by atoms with van der Waals surface area (Å²) in [4.78, 5) is 10.6. The predicted octanol–water partition coefficient (Wildman–Crippen LogP) is 3.31. The Kier molecular flexibility index (Phi) is 3.42. The van der Waals surface area contributed by atoms with Crippen molar-refractivity contribution in [1.29, 1.82) is 0 Å². The van der Waals surface area contributed by atoms with Gasteiger partial charge in [-0.15, -0.1) is 0 Å². The zero-order chi connectivity index (χ0) is 13.3. The van der Waals surface area contributed by atoms with Crippen LogP contribution in [0.2, 0.25) is 0 Å². The molecule has 0 radical (unpaired) electrons. The lowest BCUT2D eigenvalue weighted by molar-refractivity contribution is -0.141. The smallest absolute Gasteiger partial charge is 0.298 e. The second kappa shape index (κ2) is 4.71. The molecule has 0 N–H and O–H groups in total. The molecule has 0 fully saturated rings. The topological polar surface area (TPSA) is 34.9 Å². The fraction of sp³-hybridized carbons (Fsp3) is 0.0909. The number of halogens is 4. The molecular formula is C11H6F3IN2O. The van der Waals surface area contributed by atoms with Crippen molar-refractivity contribution in [2.75, 3.05) is 0 Å². The Morgan fingerprint density at radius 2 is 1.94 bits per heavy atom. The van der Waals surface area contributed by atoms with E-state index in [1.54, 1.807) is 24.3 Å². The van der Waals surface area contributed by atoms with Crippen molar-refractivity contribution in [3.63, 3.8) is 0 Å². The Labute approximate surface area is 114 Å². The maximum Gasteiger partial charge on any atom is 0.435 e. The van der Waals surface area contributed by atoms with Gasteiger partial charge in [0, 0.05) is 9.77 Å². The average Bonchev–Trinajstić information content (AvgIpc) is 2.73. The first-order valence-corrected chi connectivity index (χ1v) is 5.88. The van der Waals surface area contributed by atoms with Crippen molar-refractivity contribution < 1.29 is 18.0 Å². The molecule has 7 heteroatoms. The van der Waals surface area contributed by atoms with Crippen molar-refractivity contribution in [3.05, 3.63) is 45.3 Å². The number of para-hydroxylation sites is 1. The third-order valence-corrected chi connectivity index (χ3v) is 3.15. The highest BCUT2D eigenvalue weighted by Crippen LogP contribution is 2.31. The molecule has 0 saturated carbocycles. The van der Waals surface area contributed by atoms with Crippen molar-refractivity contribution in [1.82, 2.24) is 9.78 Å². The summed E-state index contributed by atoms with van der Waals surface area (Å²) in [7, 11) is 0. The van der Waals surface area contributed by atoms with E-state index in [0.29, 0.717) is 5.69 Å². The van der Waals surface area contributed by atoms with E-state index in [1.165, 1.54) is 0 Å². The lowest BCUT2D eigenvalue weighted by Gasteiger charge is -2.04. The first-order valence-electron chi connectivity index (χ1n) is 4.80. The summed E-state index contributed by atoms with van der Waals surface area (Å²) < 4.78 is 39.7. The van der Waals surface area contributed by atoms with E-state index in [0.717, 1.165) is 14.4 Å². The van der Waals surface area contributed by atoms with Gasteiger partial charge in [0.05, 0.1) is 11.3 Å². The van der Waals surface area contributed by atoms with E-state index in [-0.39, 0.29) is 6.29 Å². The summed E-state index contributed by atoms with van der Waals surface area (Å²) in [5.74, 6) is 0. The molecule has 0 aliphatic rings. The average molecular weight is 366 g/mol. The highest BCUT2D eigenvalue weighted by atomic mass is 127. The molecule has 94 valence electrons. The molecule has 18 heavy (non-hydrogen) atoms. The van der Waals surface area contributed by atoms with Gasteiger partial charge in [-0.25, -0.2) is 4.68 Å². The minimum Gasteiger partial charge on any atom is -0.298 e. The van der Waals surface area contributed by atoms with E-state index in [2.05, 4.69) is 5.10 Å². The van der Waals surface area contributed by atoms with Crippen LogP contribution in [-0.4, -0.2) is 16.1 Å². The van der Waals surface area contributed by atoms with Crippen LogP contribution in [0.1, 0.15) is 16.1 Å². The summed E-state index contributed by atoms with van der Waals surface area (Å²) in [6.45, 7) is 0. The molecule has 0 atom stereocenters. The molecule has 1 aromatic heterocycles. The SMILES string of the molecule is O=Cc1cn(-c2ccccc2I)nc1C(F)(F)F. The molecule has 1 aromatic carbocycles. The number of rotatable bonds is 2. The van der Waals surface area contributed by atoms with E-state index >= 15 is 0 Å². The van der Waals surface area contributed by atoms with E-state index in [4.69, 9.17) is 0 Å². The number of aromatic nitrogens is 2. The number of benzene rings is 1.